The smallest absolute Gasteiger partial charge is 0.185 e. The first kappa shape index (κ1) is 27.9. The summed E-state index contributed by atoms with van der Waals surface area (Å²) in [5, 5.41) is 0. The van der Waals surface area contributed by atoms with E-state index in [1.54, 1.807) is 26.4 Å². The molecule has 202 valence electrons. The SMILES string of the molecule is CCOCc1cc(F)c(-c2nc(C(=O)Cc3cnccc3[C@H]3C[C@@H](N)[C@H](OC)[C@@H](C)C3)ccc2F)c(F)c1. The number of benzene rings is 1. The van der Waals surface area contributed by atoms with Crippen LogP contribution in [0.4, 0.5) is 13.2 Å². The van der Waals surface area contributed by atoms with Gasteiger partial charge < -0.3 is 15.2 Å². The third kappa shape index (κ3) is 5.95. The van der Waals surface area contributed by atoms with Crippen molar-refractivity contribution in [3.8, 4) is 11.3 Å². The lowest BCUT2D eigenvalue weighted by Crippen LogP contribution is -2.45. The third-order valence-corrected chi connectivity index (χ3v) is 7.14. The molecule has 2 aromatic heterocycles. The van der Waals surface area contributed by atoms with Gasteiger partial charge in [0, 0.05) is 38.6 Å². The minimum absolute atomic E-state index is 0.0172. The maximum atomic E-state index is 14.8. The molecule has 0 saturated heterocycles. The van der Waals surface area contributed by atoms with Crippen LogP contribution in [-0.4, -0.2) is 41.6 Å². The number of rotatable bonds is 9. The highest BCUT2D eigenvalue weighted by Crippen LogP contribution is 2.38. The average Bonchev–Trinajstić information content (AvgIpc) is 2.88. The number of ether oxygens (including phenoxy) is 2. The molecular weight excluding hydrogens is 495 g/mol. The molecule has 1 aliphatic carbocycles. The predicted molar refractivity (Wildman–Crippen MR) is 137 cm³/mol. The molecule has 0 radical (unpaired) electrons. The molecule has 1 saturated carbocycles. The quantitative estimate of drug-likeness (QED) is 0.376. The second-order valence-corrected chi connectivity index (χ2v) is 9.78. The van der Waals surface area contributed by atoms with E-state index in [1.807, 2.05) is 6.07 Å². The molecule has 4 atom stereocenters. The molecule has 1 aromatic carbocycles. The van der Waals surface area contributed by atoms with E-state index in [-0.39, 0.29) is 48.3 Å². The summed E-state index contributed by atoms with van der Waals surface area (Å²) in [5.41, 5.74) is 7.04. The van der Waals surface area contributed by atoms with Crippen LogP contribution in [0, 0.1) is 23.4 Å². The Kier molecular flexibility index (Phi) is 8.91. The van der Waals surface area contributed by atoms with Crippen LogP contribution in [0.25, 0.3) is 11.3 Å². The normalized spacial score (nSPS) is 21.4. The van der Waals surface area contributed by atoms with E-state index < -0.39 is 34.5 Å². The van der Waals surface area contributed by atoms with Crippen LogP contribution in [0.3, 0.4) is 0 Å². The summed E-state index contributed by atoms with van der Waals surface area (Å²) in [7, 11) is 1.66. The molecule has 9 heteroatoms. The highest BCUT2D eigenvalue weighted by molar-refractivity contribution is 5.96. The fourth-order valence-corrected chi connectivity index (χ4v) is 5.40. The van der Waals surface area contributed by atoms with E-state index in [4.69, 9.17) is 15.2 Å². The molecule has 4 rings (SSSR count). The predicted octanol–water partition coefficient (Wildman–Crippen LogP) is 5.38. The number of Topliss-reactive ketones (excluding diaryl/α,β-unsaturated/α-hetero) is 1. The Labute approximate surface area is 220 Å². The fraction of sp³-hybridized carbons (Fsp3) is 0.414. The maximum Gasteiger partial charge on any atom is 0.185 e. The van der Waals surface area contributed by atoms with Crippen molar-refractivity contribution in [1.82, 2.24) is 9.97 Å². The van der Waals surface area contributed by atoms with Gasteiger partial charge in [-0.25, -0.2) is 18.2 Å². The summed E-state index contributed by atoms with van der Waals surface area (Å²) < 4.78 is 55.1. The second kappa shape index (κ2) is 12.1. The van der Waals surface area contributed by atoms with Gasteiger partial charge >= 0.3 is 0 Å². The molecule has 3 aromatic rings. The third-order valence-electron chi connectivity index (χ3n) is 7.14. The zero-order valence-electron chi connectivity index (χ0n) is 21.7. The molecule has 38 heavy (non-hydrogen) atoms. The van der Waals surface area contributed by atoms with E-state index in [0.717, 1.165) is 30.2 Å². The number of hydrogen-bond donors (Lipinski definition) is 1. The molecule has 0 bridgehead atoms. The minimum Gasteiger partial charge on any atom is -0.380 e. The van der Waals surface area contributed by atoms with Crippen LogP contribution < -0.4 is 5.73 Å². The van der Waals surface area contributed by atoms with Gasteiger partial charge in [-0.2, -0.15) is 0 Å². The number of carbonyl (C=O) groups excluding carboxylic acids is 1. The van der Waals surface area contributed by atoms with Crippen molar-refractivity contribution < 1.29 is 27.4 Å². The van der Waals surface area contributed by atoms with E-state index in [1.165, 1.54) is 6.07 Å². The number of ketones is 1. The Morgan fingerprint density at radius 3 is 2.50 bits per heavy atom. The van der Waals surface area contributed by atoms with Gasteiger partial charge in [-0.15, -0.1) is 0 Å². The molecule has 6 nitrogen and oxygen atoms in total. The highest BCUT2D eigenvalue weighted by Gasteiger charge is 2.35. The summed E-state index contributed by atoms with van der Waals surface area (Å²) in [5.74, 6) is -2.97. The van der Waals surface area contributed by atoms with Crippen molar-refractivity contribution in [2.75, 3.05) is 13.7 Å². The molecule has 1 aliphatic rings. The van der Waals surface area contributed by atoms with Crippen molar-refractivity contribution in [3.05, 3.63) is 82.6 Å². The number of hydrogen-bond acceptors (Lipinski definition) is 6. The standard InChI is InChI=1S/C29H32F3N3O3/c1-4-38-15-17-10-22(31)27(23(32)11-17)28-21(30)5-6-25(35-28)26(36)13-19-14-34-8-7-20(19)18-9-16(2)29(37-3)24(33)12-18/h5-8,10-11,14,16,18,24,29H,4,9,12-13,15,33H2,1-3H3/t16-,18+,24+,29+/m0/s1. The Morgan fingerprint density at radius 2 is 1.84 bits per heavy atom. The Balaban J connectivity index is 1.60. The number of nitrogens with zero attached hydrogens (tertiary/aromatic N) is 2. The van der Waals surface area contributed by atoms with Crippen molar-refractivity contribution in [1.29, 1.82) is 0 Å². The summed E-state index contributed by atoms with van der Waals surface area (Å²) in [6.45, 7) is 4.25. The van der Waals surface area contributed by atoms with Crippen LogP contribution in [0.2, 0.25) is 0 Å². The Bertz CT molecular complexity index is 1270. The minimum atomic E-state index is -0.984. The van der Waals surface area contributed by atoms with Crippen molar-refractivity contribution in [3.63, 3.8) is 0 Å². The molecule has 0 aliphatic heterocycles. The van der Waals surface area contributed by atoms with Crippen LogP contribution in [0.1, 0.15) is 59.8 Å². The maximum absolute atomic E-state index is 14.8. The zero-order chi connectivity index (χ0) is 27.4. The highest BCUT2D eigenvalue weighted by atomic mass is 19.1. The van der Waals surface area contributed by atoms with Crippen molar-refractivity contribution in [2.45, 2.75) is 57.8 Å². The monoisotopic (exact) mass is 527 g/mol. The van der Waals surface area contributed by atoms with Crippen LogP contribution in [0.15, 0.2) is 42.7 Å². The van der Waals surface area contributed by atoms with Gasteiger partial charge in [0.05, 0.1) is 18.3 Å². The average molecular weight is 528 g/mol. The summed E-state index contributed by atoms with van der Waals surface area (Å²) >= 11 is 0. The molecular formula is C29H32F3N3O3. The number of halogens is 3. The first-order valence-electron chi connectivity index (χ1n) is 12.7. The number of carbonyl (C=O) groups is 1. The topological polar surface area (TPSA) is 87.3 Å². The molecule has 0 spiro atoms. The van der Waals surface area contributed by atoms with Crippen LogP contribution >= 0.6 is 0 Å². The number of nitrogens with two attached hydrogens (primary N) is 1. The second-order valence-electron chi connectivity index (χ2n) is 9.78. The van der Waals surface area contributed by atoms with Crippen molar-refractivity contribution >= 4 is 5.78 Å². The van der Waals surface area contributed by atoms with E-state index in [0.29, 0.717) is 18.6 Å². The number of aromatic nitrogens is 2. The Hall–Kier alpha value is -3.14. The lowest BCUT2D eigenvalue weighted by Gasteiger charge is -2.38. The molecule has 0 unspecified atom stereocenters. The van der Waals surface area contributed by atoms with Gasteiger partial charge in [-0.1, -0.05) is 6.92 Å². The molecule has 2 heterocycles. The van der Waals surface area contributed by atoms with E-state index in [2.05, 4.69) is 16.9 Å². The first-order valence-corrected chi connectivity index (χ1v) is 12.7. The first-order chi connectivity index (χ1) is 18.2. The largest absolute Gasteiger partial charge is 0.380 e. The Morgan fingerprint density at radius 1 is 1.11 bits per heavy atom. The fourth-order valence-electron chi connectivity index (χ4n) is 5.40. The number of pyridine rings is 2. The summed E-state index contributed by atoms with van der Waals surface area (Å²) in [6, 6.07) is 6.12. The van der Waals surface area contributed by atoms with Crippen LogP contribution in [0.5, 0.6) is 0 Å². The molecule has 1 fully saturated rings. The molecule has 0 amide bonds. The lowest BCUT2D eigenvalue weighted by atomic mass is 9.73. The van der Waals surface area contributed by atoms with Crippen molar-refractivity contribution in [2.24, 2.45) is 11.7 Å². The summed E-state index contributed by atoms with van der Waals surface area (Å²) in [4.78, 5) is 21.5. The van der Waals surface area contributed by atoms with Gasteiger partial charge in [-0.05, 0) is 78.6 Å². The van der Waals surface area contributed by atoms with E-state index >= 15 is 0 Å². The van der Waals surface area contributed by atoms with Gasteiger partial charge in [0.15, 0.2) is 5.78 Å². The van der Waals surface area contributed by atoms with Gasteiger partial charge in [0.25, 0.3) is 0 Å². The number of methoxy groups -OCH3 is 1. The lowest BCUT2D eigenvalue weighted by molar-refractivity contribution is 0.00970. The molecule has 2 N–H and O–H groups in total. The van der Waals surface area contributed by atoms with Gasteiger partial charge in [-0.3, -0.25) is 9.78 Å². The van der Waals surface area contributed by atoms with Gasteiger partial charge in [0.2, 0.25) is 0 Å². The summed E-state index contributed by atoms with van der Waals surface area (Å²) in [6.07, 6.45) is 4.77. The van der Waals surface area contributed by atoms with Crippen LogP contribution in [-0.2, 0) is 22.5 Å². The zero-order valence-corrected chi connectivity index (χ0v) is 21.7. The van der Waals surface area contributed by atoms with E-state index in [9.17, 15) is 18.0 Å². The van der Waals surface area contributed by atoms with Gasteiger partial charge in [0.1, 0.15) is 28.8 Å².